The molecule has 2 rings (SSSR count). The second-order valence-corrected chi connectivity index (χ2v) is 4.85. The molecule has 1 amide bonds. The van der Waals surface area contributed by atoms with Crippen LogP contribution in [0.3, 0.4) is 0 Å². The number of ether oxygens (including phenoxy) is 1. The Labute approximate surface area is 97.3 Å². The van der Waals surface area contributed by atoms with Crippen molar-refractivity contribution in [2.75, 3.05) is 33.4 Å². The van der Waals surface area contributed by atoms with E-state index in [4.69, 9.17) is 4.74 Å². The molecule has 92 valence electrons. The Kier molecular flexibility index (Phi) is 4.18. The Morgan fingerprint density at radius 1 is 1.44 bits per heavy atom. The molecule has 0 saturated carbocycles. The number of nitrogens with zero attached hydrogens (tertiary/aromatic N) is 1. The Morgan fingerprint density at radius 3 is 3.00 bits per heavy atom. The van der Waals surface area contributed by atoms with Crippen molar-refractivity contribution in [2.45, 2.75) is 31.7 Å². The summed E-state index contributed by atoms with van der Waals surface area (Å²) in [5, 5.41) is 3.13. The molecule has 2 aliphatic heterocycles. The standard InChI is InChI=1S/C12H22N2O2/c1-13-11-4-2-3-6-14(12(11)15)8-10-5-7-16-9-10/h10-11,13H,2-9H2,1H3. The first-order valence-electron chi connectivity index (χ1n) is 6.35. The lowest BCUT2D eigenvalue weighted by atomic mass is 10.1. The summed E-state index contributed by atoms with van der Waals surface area (Å²) in [6, 6.07) is 0.0322. The van der Waals surface area contributed by atoms with Crippen LogP contribution >= 0.6 is 0 Å². The molecule has 0 bridgehead atoms. The molecule has 0 aromatic heterocycles. The van der Waals surface area contributed by atoms with E-state index >= 15 is 0 Å². The van der Waals surface area contributed by atoms with Crippen LogP contribution in [0.1, 0.15) is 25.7 Å². The third-order valence-electron chi connectivity index (χ3n) is 3.63. The molecule has 0 aromatic carbocycles. The molecule has 2 saturated heterocycles. The van der Waals surface area contributed by atoms with Crippen molar-refractivity contribution in [2.24, 2.45) is 5.92 Å². The van der Waals surface area contributed by atoms with Crippen molar-refractivity contribution in [1.29, 1.82) is 0 Å². The topological polar surface area (TPSA) is 41.6 Å². The number of rotatable bonds is 3. The minimum absolute atomic E-state index is 0.0322. The van der Waals surface area contributed by atoms with Crippen molar-refractivity contribution in [3.05, 3.63) is 0 Å². The van der Waals surface area contributed by atoms with E-state index in [2.05, 4.69) is 5.32 Å². The molecule has 4 heteroatoms. The predicted molar refractivity (Wildman–Crippen MR) is 62.2 cm³/mol. The molecule has 2 fully saturated rings. The molecule has 2 aliphatic rings. The van der Waals surface area contributed by atoms with Gasteiger partial charge in [-0.1, -0.05) is 0 Å². The molecule has 4 nitrogen and oxygen atoms in total. The van der Waals surface area contributed by atoms with Gasteiger partial charge in [0.2, 0.25) is 5.91 Å². The zero-order valence-electron chi connectivity index (χ0n) is 10.1. The third kappa shape index (κ3) is 2.74. The summed E-state index contributed by atoms with van der Waals surface area (Å²) in [7, 11) is 1.88. The number of amides is 1. The Bertz CT molecular complexity index is 239. The van der Waals surface area contributed by atoms with Gasteiger partial charge in [0.05, 0.1) is 12.6 Å². The van der Waals surface area contributed by atoms with Crippen LogP contribution in [-0.2, 0) is 9.53 Å². The van der Waals surface area contributed by atoms with Crippen molar-refractivity contribution in [3.63, 3.8) is 0 Å². The molecular formula is C12H22N2O2. The highest BCUT2D eigenvalue weighted by Crippen LogP contribution is 2.18. The van der Waals surface area contributed by atoms with Gasteiger partial charge in [-0.2, -0.15) is 0 Å². The number of likely N-dealkylation sites (N-methyl/N-ethyl adjacent to an activating group) is 1. The SMILES string of the molecule is CNC1CCCCN(CC2CCOC2)C1=O. The molecule has 0 spiro atoms. The predicted octanol–water partition coefficient (Wildman–Crippen LogP) is 0.623. The van der Waals surface area contributed by atoms with Crippen LogP contribution in [0.5, 0.6) is 0 Å². The van der Waals surface area contributed by atoms with E-state index in [0.717, 1.165) is 52.0 Å². The van der Waals surface area contributed by atoms with Crippen molar-refractivity contribution >= 4 is 5.91 Å². The van der Waals surface area contributed by atoms with Gasteiger partial charge in [-0.3, -0.25) is 4.79 Å². The minimum Gasteiger partial charge on any atom is -0.381 e. The lowest BCUT2D eigenvalue weighted by Crippen LogP contribution is -2.45. The Hall–Kier alpha value is -0.610. The van der Waals surface area contributed by atoms with Crippen molar-refractivity contribution in [1.82, 2.24) is 10.2 Å². The number of nitrogens with one attached hydrogen (secondary N) is 1. The average Bonchev–Trinajstić information content (AvgIpc) is 2.73. The van der Waals surface area contributed by atoms with Crippen LogP contribution in [0.2, 0.25) is 0 Å². The Balaban J connectivity index is 1.92. The van der Waals surface area contributed by atoms with Crippen LogP contribution in [0.15, 0.2) is 0 Å². The molecule has 2 unspecified atom stereocenters. The number of hydrogen-bond donors (Lipinski definition) is 1. The lowest BCUT2D eigenvalue weighted by molar-refractivity contribution is -0.133. The van der Waals surface area contributed by atoms with Crippen LogP contribution in [0.4, 0.5) is 0 Å². The van der Waals surface area contributed by atoms with E-state index in [0.29, 0.717) is 5.92 Å². The Morgan fingerprint density at radius 2 is 2.31 bits per heavy atom. The lowest BCUT2D eigenvalue weighted by Gasteiger charge is -2.26. The molecule has 16 heavy (non-hydrogen) atoms. The zero-order chi connectivity index (χ0) is 11.4. The maximum atomic E-state index is 12.2. The second kappa shape index (κ2) is 5.64. The first-order chi connectivity index (χ1) is 7.81. The zero-order valence-corrected chi connectivity index (χ0v) is 10.1. The smallest absolute Gasteiger partial charge is 0.239 e. The second-order valence-electron chi connectivity index (χ2n) is 4.85. The minimum atomic E-state index is 0.0322. The van der Waals surface area contributed by atoms with Gasteiger partial charge in [0, 0.05) is 25.6 Å². The van der Waals surface area contributed by atoms with Crippen LogP contribution in [0, 0.1) is 5.92 Å². The van der Waals surface area contributed by atoms with Gasteiger partial charge in [-0.05, 0) is 32.7 Å². The van der Waals surface area contributed by atoms with Gasteiger partial charge in [0.15, 0.2) is 0 Å². The summed E-state index contributed by atoms with van der Waals surface area (Å²) in [5.41, 5.74) is 0. The summed E-state index contributed by atoms with van der Waals surface area (Å²) in [6.07, 6.45) is 4.37. The van der Waals surface area contributed by atoms with E-state index < -0.39 is 0 Å². The van der Waals surface area contributed by atoms with Gasteiger partial charge in [0.25, 0.3) is 0 Å². The summed E-state index contributed by atoms with van der Waals surface area (Å²) < 4.78 is 5.36. The van der Waals surface area contributed by atoms with Gasteiger partial charge >= 0.3 is 0 Å². The third-order valence-corrected chi connectivity index (χ3v) is 3.63. The molecule has 2 atom stereocenters. The highest BCUT2D eigenvalue weighted by Gasteiger charge is 2.28. The van der Waals surface area contributed by atoms with Crippen molar-refractivity contribution < 1.29 is 9.53 Å². The quantitative estimate of drug-likeness (QED) is 0.767. The molecule has 0 radical (unpaired) electrons. The van der Waals surface area contributed by atoms with Crippen LogP contribution in [-0.4, -0.2) is 50.2 Å². The van der Waals surface area contributed by atoms with Gasteiger partial charge in [0.1, 0.15) is 0 Å². The van der Waals surface area contributed by atoms with E-state index in [9.17, 15) is 4.79 Å². The highest BCUT2D eigenvalue weighted by atomic mass is 16.5. The van der Waals surface area contributed by atoms with E-state index in [1.807, 2.05) is 11.9 Å². The first kappa shape index (κ1) is 11.9. The maximum Gasteiger partial charge on any atom is 0.239 e. The summed E-state index contributed by atoms with van der Waals surface area (Å²) in [4.78, 5) is 14.2. The molecule has 0 aromatic rings. The monoisotopic (exact) mass is 226 g/mol. The fraction of sp³-hybridized carbons (Fsp3) is 0.917. The number of carbonyl (C=O) groups is 1. The highest BCUT2D eigenvalue weighted by molar-refractivity contribution is 5.82. The number of hydrogen-bond acceptors (Lipinski definition) is 3. The number of carbonyl (C=O) groups excluding carboxylic acids is 1. The largest absolute Gasteiger partial charge is 0.381 e. The summed E-state index contributed by atoms with van der Waals surface area (Å²) in [5.74, 6) is 0.839. The maximum absolute atomic E-state index is 12.2. The van der Waals surface area contributed by atoms with Crippen LogP contribution in [0.25, 0.3) is 0 Å². The van der Waals surface area contributed by atoms with Crippen molar-refractivity contribution in [3.8, 4) is 0 Å². The van der Waals surface area contributed by atoms with E-state index in [1.54, 1.807) is 0 Å². The van der Waals surface area contributed by atoms with Gasteiger partial charge in [-0.15, -0.1) is 0 Å². The molecule has 0 aliphatic carbocycles. The summed E-state index contributed by atoms with van der Waals surface area (Å²) in [6.45, 7) is 3.50. The number of likely N-dealkylation sites (tertiary alicyclic amines) is 1. The van der Waals surface area contributed by atoms with E-state index in [1.165, 1.54) is 0 Å². The molecule has 1 N–H and O–H groups in total. The fourth-order valence-electron chi connectivity index (χ4n) is 2.59. The average molecular weight is 226 g/mol. The van der Waals surface area contributed by atoms with Crippen LogP contribution < -0.4 is 5.32 Å². The normalized spacial score (nSPS) is 31.8. The molecule has 2 heterocycles. The summed E-state index contributed by atoms with van der Waals surface area (Å²) >= 11 is 0. The molecular weight excluding hydrogens is 204 g/mol. The fourth-order valence-corrected chi connectivity index (χ4v) is 2.59. The van der Waals surface area contributed by atoms with Gasteiger partial charge < -0.3 is 15.0 Å². The van der Waals surface area contributed by atoms with E-state index in [-0.39, 0.29) is 11.9 Å². The van der Waals surface area contributed by atoms with Gasteiger partial charge in [-0.25, -0.2) is 0 Å². The first-order valence-corrected chi connectivity index (χ1v) is 6.35.